The number of benzene rings is 1. The minimum absolute atomic E-state index is 0.363. The van der Waals surface area contributed by atoms with E-state index in [9.17, 15) is 14.7 Å². The summed E-state index contributed by atoms with van der Waals surface area (Å²) in [4.78, 5) is 23.4. The maximum atomic E-state index is 12.2. The van der Waals surface area contributed by atoms with E-state index in [2.05, 4.69) is 5.32 Å². The molecule has 1 aromatic heterocycles. The zero-order chi connectivity index (χ0) is 16.7. The van der Waals surface area contributed by atoms with Gasteiger partial charge in [0, 0.05) is 23.6 Å². The van der Waals surface area contributed by atoms with E-state index in [-0.39, 0.29) is 5.91 Å². The van der Waals surface area contributed by atoms with Gasteiger partial charge in [-0.1, -0.05) is 6.92 Å². The molecule has 2 rings (SSSR count). The van der Waals surface area contributed by atoms with E-state index in [4.69, 9.17) is 0 Å². The molecule has 0 radical (unpaired) electrons. The molecule has 0 saturated carbocycles. The lowest BCUT2D eigenvalue weighted by Crippen LogP contribution is -2.41. The van der Waals surface area contributed by atoms with Crippen LogP contribution in [-0.4, -0.2) is 39.1 Å². The summed E-state index contributed by atoms with van der Waals surface area (Å²) in [7, 11) is 0. The lowest BCUT2D eigenvalue weighted by molar-refractivity contribution is -0.139. The van der Waals surface area contributed by atoms with Crippen LogP contribution >= 0.6 is 11.8 Å². The molecule has 1 amide bonds. The van der Waals surface area contributed by atoms with E-state index in [1.165, 1.54) is 0 Å². The number of aliphatic carboxylic acids is 1. The first-order valence-electron chi connectivity index (χ1n) is 7.46. The summed E-state index contributed by atoms with van der Waals surface area (Å²) in [6.45, 7) is 2.02. The molecule has 0 saturated heterocycles. The molecular weight excluding hydrogens is 312 g/mol. The zero-order valence-corrected chi connectivity index (χ0v) is 13.8. The van der Waals surface area contributed by atoms with Crippen molar-refractivity contribution in [1.29, 1.82) is 0 Å². The lowest BCUT2D eigenvalue weighted by Gasteiger charge is -2.14. The van der Waals surface area contributed by atoms with Gasteiger partial charge in [-0.15, -0.1) is 0 Å². The molecule has 0 aliphatic heterocycles. The minimum atomic E-state index is -1.00. The van der Waals surface area contributed by atoms with Crippen LogP contribution in [0.2, 0.25) is 0 Å². The third kappa shape index (κ3) is 4.89. The third-order valence-electron chi connectivity index (χ3n) is 3.39. The number of thioether (sulfide) groups is 1. The summed E-state index contributed by atoms with van der Waals surface area (Å²) in [5, 5.41) is 11.8. The number of nitrogens with one attached hydrogen (secondary N) is 1. The van der Waals surface area contributed by atoms with E-state index < -0.39 is 12.0 Å². The van der Waals surface area contributed by atoms with Crippen molar-refractivity contribution in [1.82, 2.24) is 9.88 Å². The summed E-state index contributed by atoms with van der Waals surface area (Å²) in [5.41, 5.74) is 1.40. The average Bonchev–Trinajstić information content (AvgIpc) is 3.08. The molecule has 6 heteroatoms. The Hall–Kier alpha value is -2.21. The van der Waals surface area contributed by atoms with Gasteiger partial charge in [-0.3, -0.25) is 4.79 Å². The second-order valence-corrected chi connectivity index (χ2v) is 6.38. The summed E-state index contributed by atoms with van der Waals surface area (Å²) in [5.74, 6) is 0.276. The van der Waals surface area contributed by atoms with E-state index in [0.29, 0.717) is 17.7 Å². The standard InChI is InChI=1S/C17H20N2O3S/c1-2-23-12-9-15(17(21)22)18-16(20)13-5-7-14(8-6-13)19-10-3-4-11-19/h3-8,10-11,15H,2,9,12H2,1H3,(H,18,20)(H,21,22). The zero-order valence-electron chi connectivity index (χ0n) is 12.9. The summed E-state index contributed by atoms with van der Waals surface area (Å²) >= 11 is 1.66. The highest BCUT2D eigenvalue weighted by Gasteiger charge is 2.20. The number of hydrogen-bond acceptors (Lipinski definition) is 3. The molecule has 1 atom stereocenters. The SMILES string of the molecule is CCSCCC(NC(=O)c1ccc(-n2cccc2)cc1)C(=O)O. The number of aromatic nitrogens is 1. The van der Waals surface area contributed by atoms with Crippen molar-refractivity contribution in [3.63, 3.8) is 0 Å². The summed E-state index contributed by atoms with van der Waals surface area (Å²) < 4.78 is 1.93. The highest BCUT2D eigenvalue weighted by molar-refractivity contribution is 7.99. The predicted octanol–water partition coefficient (Wildman–Crippen LogP) is 2.80. The molecule has 2 N–H and O–H groups in total. The van der Waals surface area contributed by atoms with Crippen LogP contribution in [0.15, 0.2) is 48.8 Å². The van der Waals surface area contributed by atoms with Crippen LogP contribution in [-0.2, 0) is 4.79 Å². The number of amides is 1. The number of carboxylic acid groups (broad SMARTS) is 1. The normalized spacial score (nSPS) is 11.9. The Morgan fingerprint density at radius 1 is 1.22 bits per heavy atom. The maximum absolute atomic E-state index is 12.2. The quantitative estimate of drug-likeness (QED) is 0.729. The Balaban J connectivity index is 2.00. The van der Waals surface area contributed by atoms with E-state index >= 15 is 0 Å². The van der Waals surface area contributed by atoms with Gasteiger partial charge in [0.2, 0.25) is 0 Å². The molecule has 2 aromatic rings. The molecule has 0 fully saturated rings. The Morgan fingerprint density at radius 2 is 1.87 bits per heavy atom. The van der Waals surface area contributed by atoms with Crippen LogP contribution in [0.4, 0.5) is 0 Å². The van der Waals surface area contributed by atoms with Crippen molar-refractivity contribution >= 4 is 23.6 Å². The Kier molecular flexibility index (Phi) is 6.29. The van der Waals surface area contributed by atoms with Gasteiger partial charge in [-0.2, -0.15) is 11.8 Å². The second-order valence-electron chi connectivity index (χ2n) is 4.99. The monoisotopic (exact) mass is 332 g/mol. The topological polar surface area (TPSA) is 71.3 Å². The van der Waals surface area contributed by atoms with Crippen LogP contribution in [0, 0.1) is 0 Å². The van der Waals surface area contributed by atoms with Gasteiger partial charge in [-0.25, -0.2) is 4.79 Å². The number of carbonyl (C=O) groups is 2. The van der Waals surface area contributed by atoms with Gasteiger partial charge in [0.1, 0.15) is 6.04 Å². The number of carbonyl (C=O) groups excluding carboxylic acids is 1. The van der Waals surface area contributed by atoms with Crippen molar-refractivity contribution in [2.75, 3.05) is 11.5 Å². The first kappa shape index (κ1) is 17.1. The molecule has 1 heterocycles. The fourth-order valence-electron chi connectivity index (χ4n) is 2.14. The van der Waals surface area contributed by atoms with Crippen molar-refractivity contribution in [2.45, 2.75) is 19.4 Å². The first-order valence-corrected chi connectivity index (χ1v) is 8.62. The molecule has 23 heavy (non-hydrogen) atoms. The van der Waals surface area contributed by atoms with Crippen LogP contribution in [0.3, 0.4) is 0 Å². The number of nitrogens with zero attached hydrogens (tertiary/aromatic N) is 1. The maximum Gasteiger partial charge on any atom is 0.326 e. The van der Waals surface area contributed by atoms with E-state index in [1.807, 2.05) is 48.1 Å². The molecule has 0 aliphatic rings. The molecule has 1 aromatic carbocycles. The molecule has 0 spiro atoms. The van der Waals surface area contributed by atoms with Crippen LogP contribution in [0.5, 0.6) is 0 Å². The number of carboxylic acids is 1. The molecular formula is C17H20N2O3S. The molecule has 122 valence electrons. The Morgan fingerprint density at radius 3 is 2.43 bits per heavy atom. The van der Waals surface area contributed by atoms with Gasteiger partial charge >= 0.3 is 5.97 Å². The molecule has 0 bridgehead atoms. The van der Waals surface area contributed by atoms with Gasteiger partial charge in [0.25, 0.3) is 5.91 Å². The smallest absolute Gasteiger partial charge is 0.326 e. The first-order chi connectivity index (χ1) is 11.1. The van der Waals surface area contributed by atoms with Crippen molar-refractivity contribution < 1.29 is 14.7 Å². The van der Waals surface area contributed by atoms with Crippen LogP contribution in [0.25, 0.3) is 5.69 Å². The van der Waals surface area contributed by atoms with Crippen LogP contribution in [0.1, 0.15) is 23.7 Å². The highest BCUT2D eigenvalue weighted by atomic mass is 32.2. The number of hydrogen-bond donors (Lipinski definition) is 2. The lowest BCUT2D eigenvalue weighted by atomic mass is 10.1. The minimum Gasteiger partial charge on any atom is -0.480 e. The largest absolute Gasteiger partial charge is 0.480 e. The predicted molar refractivity (Wildman–Crippen MR) is 92.3 cm³/mol. The second kappa shape index (κ2) is 8.43. The van der Waals surface area contributed by atoms with Crippen LogP contribution < -0.4 is 5.32 Å². The van der Waals surface area contributed by atoms with E-state index in [0.717, 1.165) is 11.4 Å². The number of rotatable bonds is 8. The summed E-state index contributed by atoms with van der Waals surface area (Å²) in [6, 6.07) is 10.0. The third-order valence-corrected chi connectivity index (χ3v) is 4.32. The fourth-order valence-corrected chi connectivity index (χ4v) is 2.83. The van der Waals surface area contributed by atoms with Crippen molar-refractivity contribution in [3.05, 3.63) is 54.4 Å². The molecule has 0 aliphatic carbocycles. The highest BCUT2D eigenvalue weighted by Crippen LogP contribution is 2.11. The van der Waals surface area contributed by atoms with E-state index in [1.54, 1.807) is 23.9 Å². The average molecular weight is 332 g/mol. The Bertz CT molecular complexity index is 638. The molecule has 1 unspecified atom stereocenters. The van der Waals surface area contributed by atoms with Gasteiger partial charge in [0.15, 0.2) is 0 Å². The Labute approximate surface area is 139 Å². The van der Waals surface area contributed by atoms with Gasteiger partial charge < -0.3 is 15.0 Å². The van der Waals surface area contributed by atoms with Crippen molar-refractivity contribution in [3.8, 4) is 5.69 Å². The van der Waals surface area contributed by atoms with Gasteiger partial charge in [0.05, 0.1) is 0 Å². The molecule has 5 nitrogen and oxygen atoms in total. The van der Waals surface area contributed by atoms with Gasteiger partial charge in [-0.05, 0) is 54.3 Å². The fraction of sp³-hybridized carbons (Fsp3) is 0.294. The van der Waals surface area contributed by atoms with Crippen molar-refractivity contribution in [2.24, 2.45) is 0 Å². The summed E-state index contributed by atoms with van der Waals surface area (Å²) in [6.07, 6.45) is 4.25.